The third-order valence-corrected chi connectivity index (χ3v) is 3.96. The highest BCUT2D eigenvalue weighted by Gasteiger charge is 2.35. The Hall–Kier alpha value is -2.22. The lowest BCUT2D eigenvalue weighted by Gasteiger charge is -2.28. The molecule has 0 aliphatic rings. The number of tetrazole rings is 1. The van der Waals surface area contributed by atoms with Crippen LogP contribution < -0.4 is 5.32 Å². The number of carbonyl (C=O) groups is 1. The van der Waals surface area contributed by atoms with Gasteiger partial charge in [0.15, 0.2) is 5.82 Å². The van der Waals surface area contributed by atoms with Gasteiger partial charge in [-0.2, -0.15) is 0 Å². The molecule has 2 heterocycles. The van der Waals surface area contributed by atoms with E-state index in [1.165, 1.54) is 7.11 Å². The number of nitrogens with zero attached hydrogens (tertiary/aromatic N) is 4. The van der Waals surface area contributed by atoms with Crippen LogP contribution in [-0.2, 0) is 28.2 Å². The lowest BCUT2D eigenvalue weighted by molar-refractivity contribution is -0.142. The van der Waals surface area contributed by atoms with Crippen LogP contribution in [0.15, 0.2) is 22.8 Å². The number of rotatable bonds is 10. The smallest absolute Gasteiger partial charge is 0.307 e. The molecule has 1 N–H and O–H groups in total. The molecule has 8 nitrogen and oxygen atoms in total. The SMILES string of the molecule is CCCCCn1nnnc1C(C)(CC(=O)OC)NCc1ccco1. The molecule has 0 aliphatic carbocycles. The van der Waals surface area contributed by atoms with Gasteiger partial charge in [0.2, 0.25) is 0 Å². The molecule has 0 spiro atoms. The predicted octanol–water partition coefficient (Wildman–Crippen LogP) is 2.02. The minimum absolute atomic E-state index is 0.123. The summed E-state index contributed by atoms with van der Waals surface area (Å²) in [4.78, 5) is 11.9. The van der Waals surface area contributed by atoms with E-state index in [-0.39, 0.29) is 12.4 Å². The Morgan fingerprint density at radius 2 is 2.29 bits per heavy atom. The van der Waals surface area contributed by atoms with Gasteiger partial charge in [-0.3, -0.25) is 10.1 Å². The number of unbranched alkanes of at least 4 members (excludes halogenated alkanes) is 2. The van der Waals surface area contributed by atoms with Crippen LogP contribution in [0.1, 0.15) is 51.1 Å². The topological polar surface area (TPSA) is 95.1 Å². The van der Waals surface area contributed by atoms with Crippen molar-refractivity contribution < 1.29 is 13.9 Å². The van der Waals surface area contributed by atoms with Gasteiger partial charge in [0.05, 0.1) is 31.9 Å². The molecule has 0 saturated heterocycles. The first-order valence-electron chi connectivity index (χ1n) is 8.20. The van der Waals surface area contributed by atoms with Crippen LogP contribution in [0.4, 0.5) is 0 Å². The van der Waals surface area contributed by atoms with Gasteiger partial charge in [0.1, 0.15) is 5.76 Å². The molecular formula is C16H25N5O3. The molecule has 0 aliphatic heterocycles. The molecule has 2 aromatic heterocycles. The van der Waals surface area contributed by atoms with Gasteiger partial charge in [0, 0.05) is 6.54 Å². The molecule has 1 atom stereocenters. The molecule has 0 fully saturated rings. The monoisotopic (exact) mass is 335 g/mol. The Labute approximate surface area is 141 Å². The molecule has 0 aromatic carbocycles. The van der Waals surface area contributed by atoms with Gasteiger partial charge in [0.25, 0.3) is 0 Å². The fourth-order valence-electron chi connectivity index (χ4n) is 2.54. The number of carbonyl (C=O) groups excluding carboxylic acids is 1. The highest BCUT2D eigenvalue weighted by Crippen LogP contribution is 2.24. The van der Waals surface area contributed by atoms with E-state index in [1.807, 2.05) is 19.1 Å². The lowest BCUT2D eigenvalue weighted by atomic mass is 9.96. The summed E-state index contributed by atoms with van der Waals surface area (Å²) in [5.74, 6) is 1.07. The molecule has 2 aromatic rings. The summed E-state index contributed by atoms with van der Waals surface area (Å²) in [5, 5.41) is 15.4. The molecule has 0 amide bonds. The van der Waals surface area contributed by atoms with Crippen molar-refractivity contribution in [2.24, 2.45) is 0 Å². The molecule has 0 radical (unpaired) electrons. The van der Waals surface area contributed by atoms with Crippen molar-refractivity contribution >= 4 is 5.97 Å². The zero-order chi connectivity index (χ0) is 17.4. The van der Waals surface area contributed by atoms with Crippen LogP contribution >= 0.6 is 0 Å². The Morgan fingerprint density at radius 1 is 1.46 bits per heavy atom. The van der Waals surface area contributed by atoms with Gasteiger partial charge in [-0.1, -0.05) is 19.8 Å². The van der Waals surface area contributed by atoms with Crippen LogP contribution in [0.3, 0.4) is 0 Å². The van der Waals surface area contributed by atoms with E-state index in [0.29, 0.717) is 12.4 Å². The predicted molar refractivity (Wildman–Crippen MR) is 86.9 cm³/mol. The summed E-state index contributed by atoms with van der Waals surface area (Å²) in [6.45, 7) is 5.22. The van der Waals surface area contributed by atoms with Gasteiger partial charge < -0.3 is 9.15 Å². The van der Waals surface area contributed by atoms with Crippen molar-refractivity contribution in [3.8, 4) is 0 Å². The van der Waals surface area contributed by atoms with E-state index in [4.69, 9.17) is 9.15 Å². The van der Waals surface area contributed by atoms with Crippen LogP contribution in [-0.4, -0.2) is 33.3 Å². The fourth-order valence-corrected chi connectivity index (χ4v) is 2.54. The Kier molecular flexibility index (Phi) is 6.48. The van der Waals surface area contributed by atoms with Gasteiger partial charge in [-0.25, -0.2) is 4.68 Å². The van der Waals surface area contributed by atoms with E-state index >= 15 is 0 Å². The molecule has 0 bridgehead atoms. The summed E-state index contributed by atoms with van der Waals surface area (Å²) in [7, 11) is 1.37. The minimum Gasteiger partial charge on any atom is -0.469 e. The Bertz CT molecular complexity index is 625. The number of ether oxygens (including phenoxy) is 1. The zero-order valence-electron chi connectivity index (χ0n) is 14.5. The van der Waals surface area contributed by atoms with Gasteiger partial charge in [-0.15, -0.1) is 5.10 Å². The molecule has 132 valence electrons. The first-order chi connectivity index (χ1) is 11.6. The summed E-state index contributed by atoms with van der Waals surface area (Å²) in [6, 6.07) is 3.69. The summed E-state index contributed by atoms with van der Waals surface area (Å²) >= 11 is 0. The molecule has 2 rings (SSSR count). The van der Waals surface area contributed by atoms with Gasteiger partial charge >= 0.3 is 5.97 Å². The average molecular weight is 335 g/mol. The van der Waals surface area contributed by atoms with Crippen molar-refractivity contribution in [1.29, 1.82) is 0 Å². The number of esters is 1. The fraction of sp³-hybridized carbons (Fsp3) is 0.625. The summed E-state index contributed by atoms with van der Waals surface area (Å²) in [6.07, 6.45) is 4.95. The first kappa shape index (κ1) is 18.1. The van der Waals surface area contributed by atoms with Gasteiger partial charge in [-0.05, 0) is 35.9 Å². The normalized spacial score (nSPS) is 13.6. The van der Waals surface area contributed by atoms with Crippen molar-refractivity contribution in [2.45, 2.75) is 58.2 Å². The summed E-state index contributed by atoms with van der Waals surface area (Å²) < 4.78 is 11.9. The number of hydrogen-bond donors (Lipinski definition) is 1. The Balaban J connectivity index is 2.18. The highest BCUT2D eigenvalue weighted by atomic mass is 16.5. The second-order valence-electron chi connectivity index (χ2n) is 5.95. The molecule has 0 saturated carbocycles. The second kappa shape index (κ2) is 8.58. The maximum Gasteiger partial charge on any atom is 0.307 e. The maximum absolute atomic E-state index is 11.9. The van der Waals surface area contributed by atoms with Crippen molar-refractivity contribution in [3.63, 3.8) is 0 Å². The van der Waals surface area contributed by atoms with Crippen LogP contribution in [0.25, 0.3) is 0 Å². The first-order valence-corrected chi connectivity index (χ1v) is 8.20. The zero-order valence-corrected chi connectivity index (χ0v) is 14.5. The number of aryl methyl sites for hydroxylation is 1. The highest BCUT2D eigenvalue weighted by molar-refractivity contribution is 5.70. The standard InChI is InChI=1S/C16H25N5O3/c1-4-5-6-9-21-15(18-19-20-21)16(2,11-14(22)23-3)17-12-13-8-7-10-24-13/h7-8,10,17H,4-6,9,11-12H2,1-3H3. The number of hydrogen-bond acceptors (Lipinski definition) is 7. The largest absolute Gasteiger partial charge is 0.469 e. The minimum atomic E-state index is -0.754. The Morgan fingerprint density at radius 3 is 2.96 bits per heavy atom. The van der Waals surface area contributed by atoms with Crippen LogP contribution in [0.2, 0.25) is 0 Å². The van der Waals surface area contributed by atoms with E-state index in [2.05, 4.69) is 27.8 Å². The van der Waals surface area contributed by atoms with Crippen molar-refractivity contribution in [1.82, 2.24) is 25.5 Å². The van der Waals surface area contributed by atoms with E-state index < -0.39 is 5.54 Å². The maximum atomic E-state index is 11.9. The number of methoxy groups -OCH3 is 1. The third kappa shape index (κ3) is 4.64. The van der Waals surface area contributed by atoms with Crippen molar-refractivity contribution in [2.75, 3.05) is 7.11 Å². The lowest BCUT2D eigenvalue weighted by Crippen LogP contribution is -2.43. The van der Waals surface area contributed by atoms with E-state index in [0.717, 1.165) is 31.6 Å². The number of nitrogens with one attached hydrogen (secondary N) is 1. The second-order valence-corrected chi connectivity index (χ2v) is 5.95. The van der Waals surface area contributed by atoms with Crippen LogP contribution in [0.5, 0.6) is 0 Å². The molecule has 24 heavy (non-hydrogen) atoms. The number of aromatic nitrogens is 4. The molecule has 8 heteroatoms. The molecule has 1 unspecified atom stereocenters. The average Bonchev–Trinajstić information content (AvgIpc) is 3.25. The number of furan rings is 1. The van der Waals surface area contributed by atoms with Crippen LogP contribution in [0, 0.1) is 0 Å². The van der Waals surface area contributed by atoms with E-state index in [1.54, 1.807) is 10.9 Å². The third-order valence-electron chi connectivity index (χ3n) is 3.96. The quantitative estimate of drug-likeness (QED) is 0.524. The molecular weight excluding hydrogens is 310 g/mol. The van der Waals surface area contributed by atoms with E-state index in [9.17, 15) is 4.79 Å². The summed E-state index contributed by atoms with van der Waals surface area (Å²) in [5.41, 5.74) is -0.754. The van der Waals surface area contributed by atoms with Crippen molar-refractivity contribution in [3.05, 3.63) is 30.0 Å².